The van der Waals surface area contributed by atoms with Crippen molar-refractivity contribution >= 4 is 17.9 Å². The van der Waals surface area contributed by atoms with E-state index in [0.29, 0.717) is 35.9 Å². The summed E-state index contributed by atoms with van der Waals surface area (Å²) in [5.74, 6) is 0.867. The minimum atomic E-state index is -0.434. The van der Waals surface area contributed by atoms with E-state index >= 15 is 0 Å². The number of hydrogen-bond donors (Lipinski definition) is 0. The highest BCUT2D eigenvalue weighted by Gasteiger charge is 2.66. The third-order valence-electron chi connectivity index (χ3n) is 11.9. The van der Waals surface area contributed by atoms with Crippen LogP contribution >= 0.6 is 0 Å². The van der Waals surface area contributed by atoms with E-state index in [1.165, 1.54) is 0 Å². The third-order valence-corrected chi connectivity index (χ3v) is 11.9. The van der Waals surface area contributed by atoms with Crippen LogP contribution in [0, 0.1) is 41.4 Å². The summed E-state index contributed by atoms with van der Waals surface area (Å²) in [5, 5.41) is 0. The average molecular weight is 635 g/mol. The van der Waals surface area contributed by atoms with E-state index < -0.39 is 6.10 Å². The first-order valence-corrected chi connectivity index (χ1v) is 17.1. The number of carbonyl (C=O) groups is 3. The van der Waals surface area contributed by atoms with Crippen LogP contribution in [0.5, 0.6) is 0 Å². The maximum Gasteiger partial charge on any atom is 0.309 e. The molecule has 8 rings (SSSR count). The quantitative estimate of drug-likeness (QED) is 0.0997. The molecule has 8 aliphatic rings. The van der Waals surface area contributed by atoms with Crippen molar-refractivity contribution in [3.63, 3.8) is 0 Å². The minimum absolute atomic E-state index is 0.0341. The number of fused-ring (bicyclic) bond motifs is 11. The van der Waals surface area contributed by atoms with Crippen LogP contribution in [0.15, 0.2) is 0 Å². The van der Waals surface area contributed by atoms with Gasteiger partial charge < -0.3 is 42.6 Å². The lowest BCUT2D eigenvalue weighted by atomic mass is 9.83. The van der Waals surface area contributed by atoms with Gasteiger partial charge in [-0.1, -0.05) is 0 Å². The summed E-state index contributed by atoms with van der Waals surface area (Å²) < 4.78 is 51.1. The molecule has 0 aromatic heterocycles. The van der Waals surface area contributed by atoms with Gasteiger partial charge in [-0.3, -0.25) is 14.4 Å². The fourth-order valence-electron chi connectivity index (χ4n) is 9.27. The molecule has 12 heteroatoms. The van der Waals surface area contributed by atoms with Crippen molar-refractivity contribution in [2.45, 2.75) is 94.1 Å². The van der Waals surface area contributed by atoms with Gasteiger partial charge in [-0.05, 0) is 63.7 Å². The Morgan fingerprint density at radius 3 is 1.78 bits per heavy atom. The predicted octanol–water partition coefficient (Wildman–Crippen LogP) is 1.84. The van der Waals surface area contributed by atoms with Gasteiger partial charge >= 0.3 is 17.9 Å². The molecule has 3 saturated heterocycles. The molecule has 0 spiro atoms. The standard InChI is InChI=1S/C33H46O12/c1-33-3-2-17(14-25(33)45-33)30(34)40-6-4-37-15-20(39-8-9-42-32(36)24-13-19-11-22(24)29-27(19)44-29)16-38-5-7-41-31(35)23-12-18-10-21(23)28-26(18)43-28/h17-29H,2-16H2,1H3. The average Bonchev–Trinajstić information content (AvgIpc) is 3.99. The lowest BCUT2D eigenvalue weighted by molar-refractivity contribution is -0.156. The van der Waals surface area contributed by atoms with Crippen LogP contribution in [-0.4, -0.2) is 113 Å². The number of carbonyl (C=O) groups excluding carboxylic acids is 3. The topological polar surface area (TPSA) is 144 Å². The molecule has 4 bridgehead atoms. The van der Waals surface area contributed by atoms with Crippen LogP contribution in [0.4, 0.5) is 0 Å². The van der Waals surface area contributed by atoms with Gasteiger partial charge in [0.05, 0.1) is 86.9 Å². The van der Waals surface area contributed by atoms with E-state index in [1.54, 1.807) is 0 Å². The molecule has 250 valence electrons. The number of esters is 3. The van der Waals surface area contributed by atoms with Crippen molar-refractivity contribution in [2.24, 2.45) is 41.4 Å². The minimum Gasteiger partial charge on any atom is -0.463 e. The van der Waals surface area contributed by atoms with Gasteiger partial charge in [0.2, 0.25) is 0 Å². The van der Waals surface area contributed by atoms with Gasteiger partial charge in [-0.25, -0.2) is 0 Å². The molecule has 12 nitrogen and oxygen atoms in total. The first-order chi connectivity index (χ1) is 21.9. The highest BCUT2D eigenvalue weighted by molar-refractivity contribution is 5.74. The van der Waals surface area contributed by atoms with Crippen molar-refractivity contribution in [2.75, 3.05) is 52.9 Å². The second kappa shape index (κ2) is 12.3. The SMILES string of the molecule is CC12CCC(C(=O)OCCOCC(COCCOC(=O)C3CC4CC3C3OC43)OCCOC(=O)C3CC4CC3C3OC43)CC1O2. The Kier molecular flexibility index (Phi) is 8.35. The van der Waals surface area contributed by atoms with Crippen LogP contribution in [0.2, 0.25) is 0 Å². The highest BCUT2D eigenvalue weighted by Crippen LogP contribution is 2.60. The predicted molar refractivity (Wildman–Crippen MR) is 152 cm³/mol. The molecule has 5 saturated carbocycles. The Labute approximate surface area is 263 Å². The van der Waals surface area contributed by atoms with Crippen molar-refractivity contribution < 1.29 is 57.0 Å². The normalized spacial score (nSPS) is 44.5. The van der Waals surface area contributed by atoms with Crippen molar-refractivity contribution in [1.82, 2.24) is 0 Å². The van der Waals surface area contributed by atoms with Crippen LogP contribution in [0.1, 0.15) is 51.9 Å². The van der Waals surface area contributed by atoms with Crippen molar-refractivity contribution in [3.8, 4) is 0 Å². The van der Waals surface area contributed by atoms with Gasteiger partial charge in [-0.15, -0.1) is 0 Å². The molecule has 0 amide bonds. The van der Waals surface area contributed by atoms with Crippen LogP contribution in [0.3, 0.4) is 0 Å². The van der Waals surface area contributed by atoms with E-state index in [-0.39, 0.29) is 112 Å². The van der Waals surface area contributed by atoms with Gasteiger partial charge in [0.1, 0.15) is 25.9 Å². The molecule has 3 heterocycles. The highest BCUT2D eigenvalue weighted by atomic mass is 16.6. The van der Waals surface area contributed by atoms with E-state index in [0.717, 1.165) is 44.9 Å². The van der Waals surface area contributed by atoms with Crippen molar-refractivity contribution in [3.05, 3.63) is 0 Å². The number of epoxide rings is 3. The van der Waals surface area contributed by atoms with Gasteiger partial charge in [0, 0.05) is 11.8 Å². The Bertz CT molecular complexity index is 1150. The monoisotopic (exact) mass is 634 g/mol. The van der Waals surface area contributed by atoms with Crippen LogP contribution < -0.4 is 0 Å². The summed E-state index contributed by atoms with van der Waals surface area (Å²) in [7, 11) is 0. The molecule has 14 unspecified atom stereocenters. The summed E-state index contributed by atoms with van der Waals surface area (Å²) in [5.41, 5.74) is -0.0341. The smallest absolute Gasteiger partial charge is 0.309 e. The van der Waals surface area contributed by atoms with Gasteiger partial charge in [0.15, 0.2) is 0 Å². The summed E-state index contributed by atoms with van der Waals surface area (Å²) in [4.78, 5) is 37.7. The van der Waals surface area contributed by atoms with Gasteiger partial charge in [0.25, 0.3) is 0 Å². The largest absolute Gasteiger partial charge is 0.463 e. The Morgan fingerprint density at radius 1 is 0.689 bits per heavy atom. The Balaban J connectivity index is 0.728. The molecule has 3 aliphatic heterocycles. The summed E-state index contributed by atoms with van der Waals surface area (Å²) >= 11 is 0. The fraction of sp³-hybridized carbons (Fsp3) is 0.909. The molecule has 8 fully saturated rings. The number of ether oxygens (including phenoxy) is 9. The van der Waals surface area contributed by atoms with Crippen LogP contribution in [0.25, 0.3) is 0 Å². The summed E-state index contributed by atoms with van der Waals surface area (Å²) in [6.45, 7) is 3.67. The zero-order valence-corrected chi connectivity index (χ0v) is 26.0. The lowest BCUT2D eigenvalue weighted by Crippen LogP contribution is -2.31. The molecule has 14 atom stereocenters. The molecule has 0 N–H and O–H groups in total. The Morgan fingerprint density at radius 2 is 1.24 bits per heavy atom. The molecular weight excluding hydrogens is 588 g/mol. The van der Waals surface area contributed by atoms with E-state index in [2.05, 4.69) is 6.92 Å². The maximum absolute atomic E-state index is 12.7. The lowest BCUT2D eigenvalue weighted by Gasteiger charge is -2.21. The molecule has 0 radical (unpaired) electrons. The second-order valence-corrected chi connectivity index (χ2v) is 14.7. The van der Waals surface area contributed by atoms with Crippen molar-refractivity contribution in [1.29, 1.82) is 0 Å². The zero-order valence-electron chi connectivity index (χ0n) is 26.0. The Hall–Kier alpha value is -1.83. The van der Waals surface area contributed by atoms with E-state index in [9.17, 15) is 14.4 Å². The third kappa shape index (κ3) is 6.27. The van der Waals surface area contributed by atoms with E-state index in [4.69, 9.17) is 42.6 Å². The molecule has 5 aliphatic carbocycles. The van der Waals surface area contributed by atoms with E-state index in [1.807, 2.05) is 0 Å². The summed E-state index contributed by atoms with van der Waals surface area (Å²) in [6, 6.07) is 0. The zero-order chi connectivity index (χ0) is 30.7. The van der Waals surface area contributed by atoms with Crippen LogP contribution in [-0.2, 0) is 57.0 Å². The van der Waals surface area contributed by atoms with Gasteiger partial charge in [-0.2, -0.15) is 0 Å². The number of rotatable bonds is 17. The first-order valence-electron chi connectivity index (χ1n) is 17.1. The molecular formula is C33H46O12. The first kappa shape index (κ1) is 30.5. The molecule has 0 aromatic rings. The fourth-order valence-corrected chi connectivity index (χ4v) is 9.27. The molecule has 0 aromatic carbocycles. The summed E-state index contributed by atoms with van der Waals surface area (Å²) in [6.07, 6.45) is 7.28. The molecule has 45 heavy (non-hydrogen) atoms. The second-order valence-electron chi connectivity index (χ2n) is 14.7. The number of hydrogen-bond acceptors (Lipinski definition) is 12. The maximum atomic E-state index is 12.7.